The minimum absolute atomic E-state index is 0.213. The van der Waals surface area contributed by atoms with Crippen LogP contribution in [0.3, 0.4) is 0 Å². The monoisotopic (exact) mass is 373 g/mol. The summed E-state index contributed by atoms with van der Waals surface area (Å²) < 4.78 is 14.4. The molecule has 3 rings (SSSR count). The Morgan fingerprint density at radius 3 is 2.42 bits per heavy atom. The zero-order valence-corrected chi connectivity index (χ0v) is 15.9. The van der Waals surface area contributed by atoms with Crippen LogP contribution in [0.15, 0.2) is 56.5 Å². The van der Waals surface area contributed by atoms with Crippen molar-refractivity contribution in [1.82, 2.24) is 14.7 Å². The van der Waals surface area contributed by atoms with E-state index >= 15 is 0 Å². The lowest BCUT2D eigenvalue weighted by Crippen LogP contribution is -2.27. The molecule has 0 aliphatic carbocycles. The standard InChI is InChI=1S/C19H20FN3O2S/c1-12-17(13(2)24)21-23(15-7-5-14(20)6-8-15)19(25)18(12)26-10-9-16(11-26)22(3)4/h5-11,26H,1-4H3. The first kappa shape index (κ1) is 18.1. The van der Waals surface area contributed by atoms with Crippen molar-refractivity contribution in [1.29, 1.82) is 0 Å². The number of benzene rings is 1. The van der Waals surface area contributed by atoms with E-state index in [1.165, 1.54) is 35.9 Å². The third kappa shape index (κ3) is 3.22. The van der Waals surface area contributed by atoms with Gasteiger partial charge in [0.15, 0.2) is 5.78 Å². The molecule has 0 bridgehead atoms. The number of hydrogen-bond acceptors (Lipinski definition) is 4. The number of carbonyl (C=O) groups is 1. The summed E-state index contributed by atoms with van der Waals surface area (Å²) >= 11 is 0. The van der Waals surface area contributed by atoms with E-state index in [-0.39, 0.29) is 17.0 Å². The third-order valence-electron chi connectivity index (χ3n) is 4.16. The second-order valence-electron chi connectivity index (χ2n) is 6.24. The van der Waals surface area contributed by atoms with Crippen LogP contribution in [0.4, 0.5) is 4.39 Å². The van der Waals surface area contributed by atoms with Gasteiger partial charge in [-0.3, -0.25) is 9.59 Å². The summed E-state index contributed by atoms with van der Waals surface area (Å²) in [6, 6.07) is 5.49. The molecule has 7 heteroatoms. The lowest BCUT2D eigenvalue weighted by molar-refractivity contribution is 0.101. The first-order valence-electron chi connectivity index (χ1n) is 8.06. The van der Waals surface area contributed by atoms with Crippen LogP contribution >= 0.6 is 10.9 Å². The normalized spacial score (nSPS) is 17.3. The highest BCUT2D eigenvalue weighted by Crippen LogP contribution is 2.44. The summed E-state index contributed by atoms with van der Waals surface area (Å²) in [5.41, 5.74) is 2.02. The van der Waals surface area contributed by atoms with E-state index in [0.717, 1.165) is 5.70 Å². The quantitative estimate of drug-likeness (QED) is 0.661. The maximum absolute atomic E-state index is 13.2. The first-order valence-corrected chi connectivity index (χ1v) is 9.54. The zero-order valence-electron chi connectivity index (χ0n) is 15.0. The maximum atomic E-state index is 13.2. The van der Waals surface area contributed by atoms with Gasteiger partial charge in [0.05, 0.1) is 10.6 Å². The average molecular weight is 373 g/mol. The number of carbonyl (C=O) groups excluding carboxylic acids is 1. The summed E-state index contributed by atoms with van der Waals surface area (Å²) in [4.78, 5) is 27.8. The summed E-state index contributed by atoms with van der Waals surface area (Å²) in [7, 11) is 2.88. The van der Waals surface area contributed by atoms with E-state index in [4.69, 9.17) is 0 Å². The van der Waals surface area contributed by atoms with Gasteiger partial charge in [0.25, 0.3) is 5.56 Å². The summed E-state index contributed by atoms with van der Waals surface area (Å²) in [6.45, 7) is 3.19. The van der Waals surface area contributed by atoms with Crippen LogP contribution in [0.5, 0.6) is 0 Å². The minimum Gasteiger partial charge on any atom is -0.377 e. The minimum atomic E-state index is -0.991. The number of rotatable bonds is 4. The fourth-order valence-corrected chi connectivity index (χ4v) is 4.87. The smallest absolute Gasteiger partial charge is 0.284 e. The Labute approximate surface area is 153 Å². The van der Waals surface area contributed by atoms with Gasteiger partial charge in [-0.15, -0.1) is 0 Å². The highest BCUT2D eigenvalue weighted by Gasteiger charge is 2.22. The highest BCUT2D eigenvalue weighted by atomic mass is 32.2. The molecule has 1 atom stereocenters. The van der Waals surface area contributed by atoms with Crippen LogP contribution in [0.25, 0.3) is 5.69 Å². The molecule has 1 unspecified atom stereocenters. The van der Waals surface area contributed by atoms with Crippen molar-refractivity contribution in [2.24, 2.45) is 0 Å². The number of halogens is 1. The molecule has 0 N–H and O–H groups in total. The van der Waals surface area contributed by atoms with Crippen LogP contribution < -0.4 is 5.56 Å². The van der Waals surface area contributed by atoms with E-state index in [1.54, 1.807) is 6.92 Å². The zero-order chi connectivity index (χ0) is 19.0. The Morgan fingerprint density at radius 1 is 1.23 bits per heavy atom. The van der Waals surface area contributed by atoms with Crippen molar-refractivity contribution >= 4 is 16.7 Å². The van der Waals surface area contributed by atoms with Crippen LogP contribution in [0.2, 0.25) is 0 Å². The van der Waals surface area contributed by atoms with Crippen molar-refractivity contribution in [2.45, 2.75) is 18.7 Å². The van der Waals surface area contributed by atoms with Crippen LogP contribution in [-0.2, 0) is 0 Å². The second kappa shape index (κ2) is 6.92. The van der Waals surface area contributed by atoms with E-state index in [9.17, 15) is 14.0 Å². The number of Topliss-reactive ketones (excluding diaryl/α,β-unsaturated/α-hetero) is 1. The molecule has 2 aromatic rings. The molecular weight excluding hydrogens is 353 g/mol. The number of hydrogen-bond donors (Lipinski definition) is 1. The fourth-order valence-electron chi connectivity index (χ4n) is 2.78. The Balaban J connectivity index is 2.24. The highest BCUT2D eigenvalue weighted by molar-refractivity contribution is 8.22. The molecule has 0 radical (unpaired) electrons. The average Bonchev–Trinajstić information content (AvgIpc) is 3.06. The lowest BCUT2D eigenvalue weighted by Gasteiger charge is -2.18. The molecule has 1 aromatic heterocycles. The number of ketones is 1. The molecule has 0 fully saturated rings. The largest absolute Gasteiger partial charge is 0.377 e. The molecule has 136 valence electrons. The van der Waals surface area contributed by atoms with Gasteiger partial charge in [0.2, 0.25) is 0 Å². The summed E-state index contributed by atoms with van der Waals surface area (Å²) in [5, 5.41) is 8.28. The Kier molecular flexibility index (Phi) is 4.82. The number of nitrogens with zero attached hydrogens (tertiary/aromatic N) is 3. The van der Waals surface area contributed by atoms with Gasteiger partial charge in [-0.25, -0.2) is 4.39 Å². The van der Waals surface area contributed by atoms with Gasteiger partial charge < -0.3 is 4.90 Å². The number of likely N-dealkylation sites (N-methyl/N-ethyl adjacent to an activating group) is 1. The summed E-state index contributed by atoms with van der Waals surface area (Å²) in [5.74, 6) is -0.614. The molecule has 5 nitrogen and oxygen atoms in total. The molecule has 1 aliphatic heterocycles. The van der Waals surface area contributed by atoms with Gasteiger partial charge >= 0.3 is 0 Å². The third-order valence-corrected chi connectivity index (χ3v) is 6.22. The van der Waals surface area contributed by atoms with Crippen LogP contribution in [0, 0.1) is 12.7 Å². The van der Waals surface area contributed by atoms with Crippen molar-refractivity contribution in [3.8, 4) is 5.69 Å². The Morgan fingerprint density at radius 2 is 1.88 bits per heavy atom. The lowest BCUT2D eigenvalue weighted by atomic mass is 10.2. The second-order valence-corrected chi connectivity index (χ2v) is 8.06. The molecular formula is C19H20FN3O2S. The van der Waals surface area contributed by atoms with E-state index in [1.807, 2.05) is 35.9 Å². The van der Waals surface area contributed by atoms with E-state index in [0.29, 0.717) is 16.1 Å². The molecule has 1 aromatic carbocycles. The van der Waals surface area contributed by atoms with Gasteiger partial charge in [0, 0.05) is 26.7 Å². The predicted molar refractivity (Wildman–Crippen MR) is 103 cm³/mol. The molecule has 0 amide bonds. The number of aromatic nitrogens is 2. The number of allylic oxidation sites excluding steroid dienone is 1. The molecule has 0 spiro atoms. The predicted octanol–water partition coefficient (Wildman–Crippen LogP) is 3.17. The Hall–Kier alpha value is -2.67. The van der Waals surface area contributed by atoms with E-state index in [2.05, 4.69) is 5.10 Å². The molecule has 0 saturated heterocycles. The van der Waals surface area contributed by atoms with Crippen molar-refractivity contribution in [2.75, 3.05) is 14.1 Å². The molecule has 0 saturated carbocycles. The first-order chi connectivity index (χ1) is 12.3. The topological polar surface area (TPSA) is 55.2 Å². The van der Waals surface area contributed by atoms with Gasteiger partial charge in [0.1, 0.15) is 11.5 Å². The number of thiol groups is 1. The van der Waals surface area contributed by atoms with Gasteiger partial charge in [-0.05, 0) is 53.6 Å². The van der Waals surface area contributed by atoms with Gasteiger partial charge in [-0.1, -0.05) is 0 Å². The SMILES string of the molecule is CC(=O)c1nn(-c2ccc(F)cc2)c(=O)c([SH]2C=CC(N(C)C)=C2)c1C. The van der Waals surface area contributed by atoms with Crippen molar-refractivity contribution in [3.05, 3.63) is 74.3 Å². The molecule has 1 aliphatic rings. The molecule has 26 heavy (non-hydrogen) atoms. The Bertz CT molecular complexity index is 991. The van der Waals surface area contributed by atoms with Crippen LogP contribution in [-0.4, -0.2) is 34.6 Å². The van der Waals surface area contributed by atoms with Crippen LogP contribution in [0.1, 0.15) is 23.0 Å². The maximum Gasteiger partial charge on any atom is 0.284 e. The molecule has 2 heterocycles. The summed E-state index contributed by atoms with van der Waals surface area (Å²) in [6.07, 6.45) is 1.97. The van der Waals surface area contributed by atoms with Crippen molar-refractivity contribution < 1.29 is 9.18 Å². The van der Waals surface area contributed by atoms with Gasteiger partial charge in [-0.2, -0.15) is 20.7 Å². The van der Waals surface area contributed by atoms with E-state index < -0.39 is 16.7 Å². The fraction of sp³-hybridized carbons (Fsp3) is 0.211. The van der Waals surface area contributed by atoms with Crippen molar-refractivity contribution in [3.63, 3.8) is 0 Å².